The van der Waals surface area contributed by atoms with E-state index in [1.807, 2.05) is 25.1 Å². The number of hydrogen-bond acceptors (Lipinski definition) is 5. The summed E-state index contributed by atoms with van der Waals surface area (Å²) in [4.78, 5) is 17.8. The first-order valence-electron chi connectivity index (χ1n) is 10.5. The molecule has 156 valence electrons. The van der Waals surface area contributed by atoms with Crippen LogP contribution in [0.1, 0.15) is 30.9 Å². The molecule has 1 aromatic heterocycles. The van der Waals surface area contributed by atoms with Gasteiger partial charge in [-0.15, -0.1) is 0 Å². The van der Waals surface area contributed by atoms with Gasteiger partial charge in [0.1, 0.15) is 5.82 Å². The minimum absolute atomic E-state index is 0.0525. The second-order valence-electron chi connectivity index (χ2n) is 8.34. The highest BCUT2D eigenvalue weighted by Crippen LogP contribution is 2.44. The number of likely N-dealkylation sites (tertiary alicyclic amines) is 2. The van der Waals surface area contributed by atoms with Gasteiger partial charge in [0.15, 0.2) is 0 Å². The van der Waals surface area contributed by atoms with Crippen LogP contribution in [-0.4, -0.2) is 48.6 Å². The van der Waals surface area contributed by atoms with E-state index in [0.717, 1.165) is 63.2 Å². The average Bonchev–Trinajstić information content (AvgIpc) is 3.29. The van der Waals surface area contributed by atoms with Crippen LogP contribution in [0.25, 0.3) is 0 Å². The quantitative estimate of drug-likeness (QED) is 0.692. The number of benzene rings is 1. The predicted octanol–water partition coefficient (Wildman–Crippen LogP) is 3.70. The lowest BCUT2D eigenvalue weighted by atomic mass is 9.75. The number of halogens is 1. The van der Waals surface area contributed by atoms with E-state index in [9.17, 15) is 9.18 Å². The van der Waals surface area contributed by atoms with Crippen LogP contribution in [0.5, 0.6) is 0 Å². The molecule has 0 bridgehead atoms. The van der Waals surface area contributed by atoms with Crippen molar-refractivity contribution < 1.29 is 18.3 Å². The third kappa shape index (κ3) is 4.38. The van der Waals surface area contributed by atoms with Crippen molar-refractivity contribution in [2.75, 3.05) is 32.8 Å². The second-order valence-corrected chi connectivity index (χ2v) is 8.34. The Kier molecular flexibility index (Phi) is 6.01. The van der Waals surface area contributed by atoms with Gasteiger partial charge in [-0.3, -0.25) is 14.6 Å². The van der Waals surface area contributed by atoms with Crippen molar-refractivity contribution in [2.45, 2.75) is 32.9 Å². The fraction of sp³-hybridized carbons (Fsp3) is 0.522. The van der Waals surface area contributed by atoms with Gasteiger partial charge in [-0.25, -0.2) is 4.39 Å². The summed E-state index contributed by atoms with van der Waals surface area (Å²) in [7, 11) is 0. The number of carbonyl (C=O) groups excluding carboxylic acids is 1. The Morgan fingerprint density at radius 3 is 2.66 bits per heavy atom. The molecule has 3 heterocycles. The number of furan rings is 1. The molecule has 0 amide bonds. The molecule has 2 aliphatic heterocycles. The number of carbonyl (C=O) groups is 1. The number of esters is 1. The maximum Gasteiger partial charge on any atom is 0.313 e. The van der Waals surface area contributed by atoms with Crippen LogP contribution in [0.3, 0.4) is 0 Å². The van der Waals surface area contributed by atoms with E-state index in [0.29, 0.717) is 6.61 Å². The monoisotopic (exact) mass is 400 g/mol. The molecule has 0 aliphatic carbocycles. The van der Waals surface area contributed by atoms with E-state index in [1.165, 1.54) is 12.1 Å². The predicted molar refractivity (Wildman–Crippen MR) is 107 cm³/mol. The highest BCUT2D eigenvalue weighted by molar-refractivity contribution is 5.78. The zero-order valence-corrected chi connectivity index (χ0v) is 17.0. The molecule has 2 aromatic rings. The molecule has 0 N–H and O–H groups in total. The fourth-order valence-electron chi connectivity index (χ4n) is 4.98. The average molecular weight is 400 g/mol. The van der Waals surface area contributed by atoms with Crippen LogP contribution < -0.4 is 0 Å². The molecule has 2 saturated heterocycles. The summed E-state index contributed by atoms with van der Waals surface area (Å²) in [6.45, 7) is 7.22. The Hall–Kier alpha value is -2.18. The van der Waals surface area contributed by atoms with Crippen LogP contribution in [0.2, 0.25) is 0 Å². The third-order valence-electron chi connectivity index (χ3n) is 6.33. The van der Waals surface area contributed by atoms with Crippen LogP contribution in [-0.2, 0) is 22.6 Å². The summed E-state index contributed by atoms with van der Waals surface area (Å²) in [5.74, 6) is -0.0450. The second kappa shape index (κ2) is 8.67. The standard InChI is InChI=1S/C23H29FN2O3/c1-2-29-22(27)23-9-3-10-25(12-18-4-6-21(24)7-5-18)14-20(23)15-26(17-23)13-19-8-11-28-16-19/h4-8,11,16,20H,2-3,9-10,12-15,17H2,1H3/t20-,23-/m1/s1. The van der Waals surface area contributed by atoms with Crippen LogP contribution in [0.4, 0.5) is 4.39 Å². The first-order valence-corrected chi connectivity index (χ1v) is 10.5. The van der Waals surface area contributed by atoms with Crippen molar-refractivity contribution in [1.82, 2.24) is 9.80 Å². The molecule has 0 unspecified atom stereocenters. The first kappa shape index (κ1) is 20.1. The Balaban J connectivity index is 1.51. The summed E-state index contributed by atoms with van der Waals surface area (Å²) >= 11 is 0. The molecular weight excluding hydrogens is 371 g/mol. The topological polar surface area (TPSA) is 45.9 Å². The summed E-state index contributed by atoms with van der Waals surface area (Å²) in [6.07, 6.45) is 5.26. The van der Waals surface area contributed by atoms with Crippen molar-refractivity contribution in [2.24, 2.45) is 11.3 Å². The van der Waals surface area contributed by atoms with E-state index in [2.05, 4.69) is 9.80 Å². The molecule has 0 radical (unpaired) electrons. The number of nitrogens with zero attached hydrogens (tertiary/aromatic N) is 2. The number of hydrogen-bond donors (Lipinski definition) is 0. The van der Waals surface area contributed by atoms with Crippen molar-refractivity contribution in [3.63, 3.8) is 0 Å². The molecule has 2 fully saturated rings. The van der Waals surface area contributed by atoms with Crippen molar-refractivity contribution >= 4 is 5.97 Å². The van der Waals surface area contributed by atoms with Gasteiger partial charge in [-0.2, -0.15) is 0 Å². The molecule has 1 aromatic carbocycles. The molecule has 29 heavy (non-hydrogen) atoms. The minimum atomic E-state index is -0.447. The highest BCUT2D eigenvalue weighted by Gasteiger charge is 2.53. The smallest absolute Gasteiger partial charge is 0.313 e. The van der Waals surface area contributed by atoms with Crippen molar-refractivity contribution in [1.29, 1.82) is 0 Å². The molecule has 0 spiro atoms. The lowest BCUT2D eigenvalue weighted by Crippen LogP contribution is -2.42. The Morgan fingerprint density at radius 2 is 1.93 bits per heavy atom. The van der Waals surface area contributed by atoms with Crippen molar-refractivity contribution in [3.05, 3.63) is 59.8 Å². The van der Waals surface area contributed by atoms with Gasteiger partial charge in [0.2, 0.25) is 0 Å². The minimum Gasteiger partial charge on any atom is -0.472 e. The van der Waals surface area contributed by atoms with Gasteiger partial charge >= 0.3 is 5.97 Å². The number of ether oxygens (including phenoxy) is 1. The zero-order chi connectivity index (χ0) is 20.3. The van der Waals surface area contributed by atoms with Gasteiger partial charge in [0, 0.05) is 44.2 Å². The van der Waals surface area contributed by atoms with Gasteiger partial charge in [0.25, 0.3) is 0 Å². The lowest BCUT2D eigenvalue weighted by molar-refractivity contribution is -0.157. The van der Waals surface area contributed by atoms with Gasteiger partial charge in [0.05, 0.1) is 24.5 Å². The summed E-state index contributed by atoms with van der Waals surface area (Å²) in [5.41, 5.74) is 1.78. The van der Waals surface area contributed by atoms with E-state index in [1.54, 1.807) is 12.5 Å². The largest absolute Gasteiger partial charge is 0.472 e. The molecule has 0 saturated carbocycles. The fourth-order valence-corrected chi connectivity index (χ4v) is 4.98. The maximum atomic E-state index is 13.2. The molecule has 5 nitrogen and oxygen atoms in total. The molecule has 2 aliphatic rings. The summed E-state index contributed by atoms with van der Waals surface area (Å²) in [5, 5.41) is 0. The van der Waals surface area contributed by atoms with E-state index in [4.69, 9.17) is 9.15 Å². The normalized spacial score (nSPS) is 25.5. The Morgan fingerprint density at radius 1 is 1.17 bits per heavy atom. The number of fused-ring (bicyclic) bond motifs is 1. The maximum absolute atomic E-state index is 13.2. The SMILES string of the molecule is CCOC(=O)[C@@]12CCCN(Cc3ccc(F)cc3)C[C@@H]1CN(Cc1ccoc1)C2. The summed E-state index contributed by atoms with van der Waals surface area (Å²) < 4.78 is 24.0. The van der Waals surface area contributed by atoms with Crippen LogP contribution in [0, 0.1) is 17.2 Å². The zero-order valence-electron chi connectivity index (χ0n) is 17.0. The van der Waals surface area contributed by atoms with Gasteiger partial charge in [-0.05, 0) is 50.1 Å². The van der Waals surface area contributed by atoms with Gasteiger partial charge in [-0.1, -0.05) is 12.1 Å². The molecule has 6 heteroatoms. The van der Waals surface area contributed by atoms with E-state index >= 15 is 0 Å². The number of rotatable bonds is 6. The molecular formula is C23H29FN2O3. The summed E-state index contributed by atoms with van der Waals surface area (Å²) in [6, 6.07) is 8.69. The van der Waals surface area contributed by atoms with Crippen LogP contribution in [0.15, 0.2) is 47.3 Å². The Labute approximate surface area is 171 Å². The first-order chi connectivity index (χ1) is 14.1. The van der Waals surface area contributed by atoms with Crippen LogP contribution >= 0.6 is 0 Å². The Bertz CT molecular complexity index is 808. The van der Waals surface area contributed by atoms with E-state index in [-0.39, 0.29) is 17.7 Å². The van der Waals surface area contributed by atoms with Gasteiger partial charge < -0.3 is 9.15 Å². The highest BCUT2D eigenvalue weighted by atomic mass is 19.1. The lowest BCUT2D eigenvalue weighted by Gasteiger charge is -2.31. The molecule has 2 atom stereocenters. The van der Waals surface area contributed by atoms with E-state index < -0.39 is 5.41 Å². The molecule has 4 rings (SSSR count). The third-order valence-corrected chi connectivity index (χ3v) is 6.33. The van der Waals surface area contributed by atoms with Crippen molar-refractivity contribution in [3.8, 4) is 0 Å².